The summed E-state index contributed by atoms with van der Waals surface area (Å²) in [5, 5.41) is 53.0. The molecule has 7 N–H and O–H groups in total. The molecule has 0 aliphatic carbocycles. The molecule has 0 spiro atoms. The first-order valence-electron chi connectivity index (χ1n) is 24.2. The highest BCUT2D eigenvalue weighted by Gasteiger charge is 2.74. The predicted octanol–water partition coefficient (Wildman–Crippen LogP) is 4.16. The van der Waals surface area contributed by atoms with Crippen LogP contribution in [-0.4, -0.2) is 131 Å². The Bertz CT molecular complexity index is 3060. The van der Waals surface area contributed by atoms with Gasteiger partial charge in [-0.3, -0.25) is 48.6 Å². The Hall–Kier alpha value is -8.49. The first kappa shape index (κ1) is 63.3. The third-order valence-electron chi connectivity index (χ3n) is 11.9. The minimum Gasteiger partial charge on any atom is -0.481 e. The van der Waals surface area contributed by atoms with Crippen molar-refractivity contribution in [2.75, 3.05) is 23.8 Å². The molecule has 0 saturated heterocycles. The number of nitrogens with one attached hydrogen (secondary N) is 5. The summed E-state index contributed by atoms with van der Waals surface area (Å²) in [6.07, 6.45) is -4.51. The van der Waals surface area contributed by atoms with E-state index >= 15 is 13.2 Å². The fourth-order valence-corrected chi connectivity index (χ4v) is 8.46. The van der Waals surface area contributed by atoms with Gasteiger partial charge < -0.3 is 31.5 Å². The lowest BCUT2D eigenvalue weighted by molar-refractivity contribution is -0.676. The first-order valence-corrected chi connectivity index (χ1v) is 25.0. The Balaban J connectivity index is 1.30. The van der Waals surface area contributed by atoms with Gasteiger partial charge in [-0.1, -0.05) is 32.4 Å². The zero-order valence-electron chi connectivity index (χ0n) is 42.8. The molecular weight excluding hydrogens is 1120 g/mol. The number of aromatic nitrogens is 5. The zero-order valence-corrected chi connectivity index (χ0v) is 43.6. The van der Waals surface area contributed by atoms with Crippen molar-refractivity contribution in [1.82, 2.24) is 41.1 Å². The largest absolute Gasteiger partial charge is 0.481 e. The maximum atomic E-state index is 16.0. The summed E-state index contributed by atoms with van der Waals surface area (Å²) < 4.78 is 116. The molecule has 33 heteroatoms. The maximum absolute atomic E-state index is 16.0. The smallest absolute Gasteiger partial charge is 0.460 e. The molecule has 4 aromatic rings. The van der Waals surface area contributed by atoms with E-state index in [2.05, 4.69) is 36.8 Å². The number of carboxylic acids is 1. The maximum Gasteiger partial charge on any atom is 0.460 e. The van der Waals surface area contributed by atoms with Crippen molar-refractivity contribution >= 4 is 76.3 Å². The number of carbonyl (C=O) groups is 8. The molecule has 0 fully saturated rings. The van der Waals surface area contributed by atoms with Crippen LogP contribution in [0.15, 0.2) is 76.9 Å². The van der Waals surface area contributed by atoms with Gasteiger partial charge in [-0.05, 0) is 84.1 Å². The van der Waals surface area contributed by atoms with E-state index in [0.29, 0.717) is 29.2 Å². The number of rotatable bonds is 28. The van der Waals surface area contributed by atoms with Crippen LogP contribution >= 0.6 is 11.8 Å². The molecule has 0 saturated carbocycles. The summed E-state index contributed by atoms with van der Waals surface area (Å²) in [4.78, 5) is 114. The van der Waals surface area contributed by atoms with Crippen LogP contribution in [0.2, 0.25) is 0 Å². The second-order valence-corrected chi connectivity index (χ2v) is 19.3. The van der Waals surface area contributed by atoms with Gasteiger partial charge in [0, 0.05) is 54.3 Å². The number of hydrogen-bond donors (Lipinski definition) is 7. The van der Waals surface area contributed by atoms with E-state index in [1.54, 1.807) is 0 Å². The average Bonchev–Trinajstić information content (AvgIpc) is 4.17. The molecule has 81 heavy (non-hydrogen) atoms. The number of pyridine rings is 1. The molecule has 2 aromatic heterocycles. The minimum atomic E-state index is -6.84. The lowest BCUT2D eigenvalue weighted by Gasteiger charge is -2.28. The molecule has 7 amide bonds. The number of unbranched alkanes of at least 4 members (excludes halogenated alkanes) is 2. The number of carboxylic acid groups (broad SMARTS) is 1. The second-order valence-electron chi connectivity index (χ2n) is 18.3. The second kappa shape index (κ2) is 27.1. The number of anilines is 2. The molecule has 24 nitrogen and oxygen atoms in total. The van der Waals surface area contributed by atoms with Gasteiger partial charge in [0.1, 0.15) is 30.9 Å². The highest BCUT2D eigenvalue weighted by Crippen LogP contribution is 2.52. The molecule has 0 unspecified atom stereocenters. The third kappa shape index (κ3) is 16.3. The summed E-state index contributed by atoms with van der Waals surface area (Å²) in [5.74, 6) is -23.6. The number of non-ortho nitro benzene ring substituents is 1. The van der Waals surface area contributed by atoms with Gasteiger partial charge in [-0.25, -0.2) is 19.4 Å². The average molecular weight is 1170 g/mol. The van der Waals surface area contributed by atoms with Crippen molar-refractivity contribution in [1.29, 1.82) is 0 Å². The van der Waals surface area contributed by atoms with Gasteiger partial charge in [-0.2, -0.15) is 35.1 Å². The summed E-state index contributed by atoms with van der Waals surface area (Å²) in [5.41, 5.74) is -3.57. The number of nitrogens with zero attached hydrogens (tertiary/aromatic N) is 7. The lowest BCUT2D eigenvalue weighted by Crippen LogP contribution is -2.57. The number of amides is 7. The van der Waals surface area contributed by atoms with Crippen LogP contribution < -0.4 is 31.2 Å². The molecule has 5 rings (SSSR count). The Kier molecular flexibility index (Phi) is 21.2. The van der Waals surface area contributed by atoms with Crippen molar-refractivity contribution in [3.8, 4) is 0 Å². The molecule has 0 radical (unpaired) electrons. The number of imide groups is 1. The number of benzene rings is 2. The van der Waals surface area contributed by atoms with Gasteiger partial charge in [0.2, 0.25) is 34.6 Å². The van der Waals surface area contributed by atoms with Crippen LogP contribution in [0.25, 0.3) is 0 Å². The Morgan fingerprint density at radius 3 is 2.10 bits per heavy atom. The molecule has 2 aromatic carbocycles. The minimum absolute atomic E-state index is 0.0133. The highest BCUT2D eigenvalue weighted by molar-refractivity contribution is 7.99. The van der Waals surface area contributed by atoms with Crippen LogP contribution in [0.3, 0.4) is 0 Å². The number of nitro groups is 1. The van der Waals surface area contributed by atoms with E-state index in [-0.39, 0.29) is 65.9 Å². The number of hydrogen-bond acceptors (Lipinski definition) is 15. The first-order chi connectivity index (χ1) is 37.9. The number of carbonyl (C=O) groups excluding carboxylic acids is 7. The van der Waals surface area contributed by atoms with E-state index in [4.69, 9.17) is 0 Å². The summed E-state index contributed by atoms with van der Waals surface area (Å²) in [6, 6.07) is 2.89. The highest BCUT2D eigenvalue weighted by atomic mass is 32.2. The third-order valence-corrected chi connectivity index (χ3v) is 13.0. The monoisotopic (exact) mass is 1170 g/mol. The van der Waals surface area contributed by atoms with Gasteiger partial charge in [0.05, 0.1) is 29.2 Å². The summed E-state index contributed by atoms with van der Waals surface area (Å²) in [7, 11) is 0. The van der Waals surface area contributed by atoms with Crippen LogP contribution in [-0.2, 0) is 52.6 Å². The normalized spacial score (nSPS) is 13.9. The van der Waals surface area contributed by atoms with E-state index in [9.17, 15) is 80.6 Å². The molecular formula is C48H51F8N12O12S+. The van der Waals surface area contributed by atoms with Gasteiger partial charge in [-0.15, -0.1) is 5.10 Å². The van der Waals surface area contributed by atoms with Crippen LogP contribution in [0, 0.1) is 21.8 Å². The number of aliphatic hydroxyl groups excluding tert-OH is 1. The Morgan fingerprint density at radius 1 is 0.827 bits per heavy atom. The van der Waals surface area contributed by atoms with Gasteiger partial charge >= 0.3 is 35.7 Å². The number of aliphatic hydroxyl groups is 1. The van der Waals surface area contributed by atoms with E-state index < -0.39 is 142 Å². The van der Waals surface area contributed by atoms with Crippen LogP contribution in [0.5, 0.6) is 0 Å². The van der Waals surface area contributed by atoms with Crippen molar-refractivity contribution in [3.05, 3.63) is 99.5 Å². The van der Waals surface area contributed by atoms with E-state index in [1.165, 1.54) is 32.9 Å². The number of tetrazole rings is 1. The fourth-order valence-electron chi connectivity index (χ4n) is 7.56. The number of aliphatic carboxylic acids is 1. The standard InChI is InChI=1S/C48H50F8N12O12S/c1-25(2)39(60-43(77)33(13-17-38(73)74)59-35(70)7-5-4-6-18-66-36(71)15-16-37(66)72)44(78)57-26(3)41(75)58-29-10-8-27(9-11-29)23-65-24-28(46(50,51)47(52,53)48(54,55)56)21-32(49)40(65)61-42(76)31-22-30(68(79)80)12-14-34(31)81-45-62-63-64-67(45)19-20-69/h8-12,14-16,21-22,24-26,33,39,69H,4-7,13,17-20,23H2,1-3H3,(H5,57,58,59,60,70,73,74,75,77,78)/p+1/t26-,33-,39-/m0/s1. The molecule has 1 aliphatic heterocycles. The van der Waals surface area contributed by atoms with Gasteiger partial charge in [0.25, 0.3) is 17.5 Å². The molecule has 1 aliphatic rings. The Morgan fingerprint density at radius 2 is 1.49 bits per heavy atom. The molecule has 0 bridgehead atoms. The SMILES string of the molecule is CC(C)[C@H](NC(=O)[C@H](CCC(=O)O)NC(=O)CCCCCN1C(=O)C=CC1=O)C(=O)N[C@@H](C)C(=O)Nc1ccc(C[n+]2cc(C(F)(F)C(F)(F)C(F)(F)F)cc(F)c2NC(=O)c2cc([N+](=O)[O-])ccc2Sc2nnnn2CCO)cc1. The number of alkyl halides is 7. The Labute approximate surface area is 457 Å². The summed E-state index contributed by atoms with van der Waals surface area (Å²) in [6.45, 7) is 2.96. The van der Waals surface area contributed by atoms with Crippen molar-refractivity contribution in [3.63, 3.8) is 0 Å². The van der Waals surface area contributed by atoms with E-state index in [0.717, 1.165) is 52.1 Å². The fraction of sp³-hybridized carbons (Fsp3) is 0.417. The van der Waals surface area contributed by atoms with Gasteiger partial charge in [0.15, 0.2) is 0 Å². The molecule has 3 heterocycles. The van der Waals surface area contributed by atoms with Crippen molar-refractivity contribution in [2.24, 2.45) is 5.92 Å². The number of halogens is 8. The van der Waals surface area contributed by atoms with E-state index in [1.807, 2.05) is 5.32 Å². The molecule has 3 atom stereocenters. The van der Waals surface area contributed by atoms with Crippen LogP contribution in [0.4, 0.5) is 52.3 Å². The lowest BCUT2D eigenvalue weighted by atomic mass is 10.0. The van der Waals surface area contributed by atoms with Crippen molar-refractivity contribution in [2.45, 2.75) is 119 Å². The molecule has 436 valence electrons. The van der Waals surface area contributed by atoms with Crippen molar-refractivity contribution < 1.29 is 93.2 Å². The predicted molar refractivity (Wildman–Crippen MR) is 263 cm³/mol. The summed E-state index contributed by atoms with van der Waals surface area (Å²) >= 11 is 0.629. The zero-order chi connectivity index (χ0) is 60.1. The van der Waals surface area contributed by atoms with Crippen LogP contribution in [0.1, 0.15) is 80.8 Å². The number of nitro benzene ring substituents is 1. The topological polar surface area (TPSA) is 331 Å². The quantitative estimate of drug-likeness (QED) is 0.0105.